The van der Waals surface area contributed by atoms with Crippen LogP contribution in [-0.2, 0) is 6.54 Å². The molecule has 0 radical (unpaired) electrons. The number of carboxylic acid groups (broad SMARTS) is 1. The van der Waals surface area contributed by atoms with Crippen LogP contribution >= 0.6 is 0 Å². The number of benzene rings is 1. The van der Waals surface area contributed by atoms with Gasteiger partial charge in [0.25, 0.3) is 5.56 Å². The monoisotopic (exact) mass is 284 g/mol. The van der Waals surface area contributed by atoms with E-state index in [1.807, 2.05) is 6.07 Å². The van der Waals surface area contributed by atoms with E-state index in [2.05, 4.69) is 0 Å². The number of hydrogen-bond acceptors (Lipinski definition) is 4. The second-order valence-corrected chi connectivity index (χ2v) is 4.31. The van der Waals surface area contributed by atoms with E-state index >= 15 is 0 Å². The average Bonchev–Trinajstić information content (AvgIpc) is 2.48. The van der Waals surface area contributed by atoms with Crippen LogP contribution in [0.4, 0.5) is 0 Å². The Morgan fingerprint density at radius 2 is 2.19 bits per heavy atom. The standard InChI is InChI=1S/C15H12N2O4/c1-21-13-5-4-10(7-11(13)8-16)9-17-6-2-3-12(14(17)18)15(19)20/h2-7H,9H2,1H3,(H,19,20). The Hall–Kier alpha value is -3.07. The molecule has 1 aromatic heterocycles. The number of aromatic nitrogens is 1. The fourth-order valence-corrected chi connectivity index (χ4v) is 1.96. The summed E-state index contributed by atoms with van der Waals surface area (Å²) in [7, 11) is 1.47. The summed E-state index contributed by atoms with van der Waals surface area (Å²) < 4.78 is 6.33. The van der Waals surface area contributed by atoms with Crippen LogP contribution in [0.3, 0.4) is 0 Å². The summed E-state index contributed by atoms with van der Waals surface area (Å²) in [6.07, 6.45) is 1.51. The summed E-state index contributed by atoms with van der Waals surface area (Å²) in [4.78, 5) is 22.9. The van der Waals surface area contributed by atoms with Crippen molar-refractivity contribution < 1.29 is 14.6 Å². The molecule has 1 heterocycles. The molecule has 0 unspecified atom stereocenters. The molecule has 0 saturated carbocycles. The Kier molecular flexibility index (Phi) is 4.05. The fraction of sp³-hybridized carbons (Fsp3) is 0.133. The van der Waals surface area contributed by atoms with Crippen LogP contribution in [0.1, 0.15) is 21.5 Å². The van der Waals surface area contributed by atoms with Gasteiger partial charge in [-0.2, -0.15) is 5.26 Å². The molecule has 0 spiro atoms. The molecule has 1 N–H and O–H groups in total. The molecule has 106 valence electrons. The van der Waals surface area contributed by atoms with E-state index in [0.717, 1.165) is 0 Å². The number of carboxylic acids is 1. The molecule has 6 nitrogen and oxygen atoms in total. The van der Waals surface area contributed by atoms with Gasteiger partial charge < -0.3 is 14.4 Å². The van der Waals surface area contributed by atoms with Gasteiger partial charge in [-0.05, 0) is 29.8 Å². The first-order chi connectivity index (χ1) is 10.1. The third-order valence-corrected chi connectivity index (χ3v) is 2.99. The number of methoxy groups -OCH3 is 1. The molecule has 1 aromatic carbocycles. The molecular formula is C15H12N2O4. The summed E-state index contributed by atoms with van der Waals surface area (Å²) in [5, 5.41) is 18.0. The summed E-state index contributed by atoms with van der Waals surface area (Å²) >= 11 is 0. The molecule has 0 saturated heterocycles. The maximum atomic E-state index is 12.0. The maximum Gasteiger partial charge on any atom is 0.341 e. The second kappa shape index (κ2) is 5.92. The van der Waals surface area contributed by atoms with Gasteiger partial charge in [0.2, 0.25) is 0 Å². The first-order valence-electron chi connectivity index (χ1n) is 6.06. The normalized spacial score (nSPS) is 9.90. The number of rotatable bonds is 4. The Morgan fingerprint density at radius 1 is 1.43 bits per heavy atom. The highest BCUT2D eigenvalue weighted by atomic mass is 16.5. The van der Waals surface area contributed by atoms with E-state index in [-0.39, 0.29) is 12.1 Å². The summed E-state index contributed by atoms with van der Waals surface area (Å²) in [6.45, 7) is 0.179. The summed E-state index contributed by atoms with van der Waals surface area (Å²) in [6, 6.07) is 9.74. The zero-order valence-corrected chi connectivity index (χ0v) is 11.2. The lowest BCUT2D eigenvalue weighted by Gasteiger charge is -2.08. The average molecular weight is 284 g/mol. The smallest absolute Gasteiger partial charge is 0.341 e. The Morgan fingerprint density at radius 3 is 2.81 bits per heavy atom. The van der Waals surface area contributed by atoms with E-state index in [1.54, 1.807) is 18.2 Å². The van der Waals surface area contributed by atoms with Gasteiger partial charge in [-0.15, -0.1) is 0 Å². The maximum absolute atomic E-state index is 12.0. The van der Waals surface area contributed by atoms with Crippen LogP contribution in [0.15, 0.2) is 41.3 Å². The lowest BCUT2D eigenvalue weighted by atomic mass is 10.1. The number of aromatic carboxylic acids is 1. The zero-order chi connectivity index (χ0) is 15.4. The number of carbonyl (C=O) groups is 1. The minimum Gasteiger partial charge on any atom is -0.495 e. The van der Waals surface area contributed by atoms with Gasteiger partial charge in [0.15, 0.2) is 0 Å². The summed E-state index contributed by atoms with van der Waals surface area (Å²) in [5.74, 6) is -0.810. The molecule has 0 aliphatic rings. The third kappa shape index (κ3) is 2.92. The van der Waals surface area contributed by atoms with Crippen LogP contribution in [-0.4, -0.2) is 22.8 Å². The Balaban J connectivity index is 2.40. The van der Waals surface area contributed by atoms with Gasteiger partial charge in [0.05, 0.1) is 19.2 Å². The van der Waals surface area contributed by atoms with Crippen molar-refractivity contribution in [2.75, 3.05) is 7.11 Å². The molecule has 0 atom stereocenters. The predicted molar refractivity (Wildman–Crippen MR) is 74.5 cm³/mol. The van der Waals surface area contributed by atoms with E-state index < -0.39 is 11.5 Å². The van der Waals surface area contributed by atoms with Crippen LogP contribution in [0, 0.1) is 11.3 Å². The molecule has 21 heavy (non-hydrogen) atoms. The molecule has 0 fully saturated rings. The van der Waals surface area contributed by atoms with Crippen molar-refractivity contribution >= 4 is 5.97 Å². The van der Waals surface area contributed by atoms with Crippen molar-refractivity contribution in [1.29, 1.82) is 5.26 Å². The minimum atomic E-state index is -1.26. The van der Waals surface area contributed by atoms with Crippen LogP contribution in [0.5, 0.6) is 5.75 Å². The van der Waals surface area contributed by atoms with Crippen molar-refractivity contribution in [2.24, 2.45) is 0 Å². The van der Waals surface area contributed by atoms with Gasteiger partial charge in [-0.1, -0.05) is 6.07 Å². The molecule has 6 heteroatoms. The topological polar surface area (TPSA) is 92.3 Å². The van der Waals surface area contributed by atoms with Crippen molar-refractivity contribution in [2.45, 2.75) is 6.54 Å². The van der Waals surface area contributed by atoms with E-state index in [4.69, 9.17) is 15.1 Å². The van der Waals surface area contributed by atoms with Crippen molar-refractivity contribution in [3.05, 3.63) is 63.6 Å². The van der Waals surface area contributed by atoms with Gasteiger partial charge >= 0.3 is 5.97 Å². The van der Waals surface area contributed by atoms with Crippen molar-refractivity contribution in [3.63, 3.8) is 0 Å². The first-order valence-corrected chi connectivity index (χ1v) is 6.06. The minimum absolute atomic E-state index is 0.179. The third-order valence-electron chi connectivity index (χ3n) is 2.99. The highest BCUT2D eigenvalue weighted by Crippen LogP contribution is 2.19. The SMILES string of the molecule is COc1ccc(Cn2cccc(C(=O)O)c2=O)cc1C#N. The van der Waals surface area contributed by atoms with E-state index in [0.29, 0.717) is 16.9 Å². The van der Waals surface area contributed by atoms with E-state index in [9.17, 15) is 9.59 Å². The number of pyridine rings is 1. The molecule has 0 bridgehead atoms. The van der Waals surface area contributed by atoms with Crippen LogP contribution in [0.25, 0.3) is 0 Å². The predicted octanol–water partition coefficient (Wildman–Crippen LogP) is 1.48. The van der Waals surface area contributed by atoms with Crippen LogP contribution < -0.4 is 10.3 Å². The molecule has 2 rings (SSSR count). The summed E-state index contributed by atoms with van der Waals surface area (Å²) in [5.41, 5.74) is 0.195. The first kappa shape index (κ1) is 14.3. The molecule has 2 aromatic rings. The van der Waals surface area contributed by atoms with Gasteiger partial charge in [0, 0.05) is 6.20 Å². The molecule has 0 aliphatic carbocycles. The fourth-order valence-electron chi connectivity index (χ4n) is 1.96. The lowest BCUT2D eigenvalue weighted by molar-refractivity contribution is 0.0694. The van der Waals surface area contributed by atoms with Gasteiger partial charge in [-0.25, -0.2) is 4.79 Å². The van der Waals surface area contributed by atoms with Gasteiger partial charge in [-0.3, -0.25) is 4.79 Å². The molecule has 0 amide bonds. The van der Waals surface area contributed by atoms with Crippen LogP contribution in [0.2, 0.25) is 0 Å². The second-order valence-electron chi connectivity index (χ2n) is 4.31. The quantitative estimate of drug-likeness (QED) is 0.917. The molecule has 0 aliphatic heterocycles. The Labute approximate surface area is 120 Å². The number of ether oxygens (including phenoxy) is 1. The molecular weight excluding hydrogens is 272 g/mol. The number of nitriles is 1. The Bertz CT molecular complexity index is 787. The zero-order valence-electron chi connectivity index (χ0n) is 11.2. The highest BCUT2D eigenvalue weighted by Gasteiger charge is 2.11. The number of nitrogens with zero attached hydrogens (tertiary/aromatic N) is 2. The largest absolute Gasteiger partial charge is 0.495 e. The highest BCUT2D eigenvalue weighted by molar-refractivity contribution is 5.86. The van der Waals surface area contributed by atoms with Crippen molar-refractivity contribution in [1.82, 2.24) is 4.57 Å². The lowest BCUT2D eigenvalue weighted by Crippen LogP contribution is -2.26. The van der Waals surface area contributed by atoms with Gasteiger partial charge in [0.1, 0.15) is 17.4 Å². The van der Waals surface area contributed by atoms with Crippen molar-refractivity contribution in [3.8, 4) is 11.8 Å². The van der Waals surface area contributed by atoms with E-state index in [1.165, 1.54) is 30.0 Å². The number of hydrogen-bond donors (Lipinski definition) is 1.